The summed E-state index contributed by atoms with van der Waals surface area (Å²) in [6.07, 6.45) is 5.84. The van der Waals surface area contributed by atoms with E-state index in [9.17, 15) is 0 Å². The Morgan fingerprint density at radius 2 is 2.42 bits per heavy atom. The number of imidazole rings is 1. The molecule has 0 aliphatic carbocycles. The maximum atomic E-state index is 9.01. The molecule has 0 saturated carbocycles. The molecular formula is C14H20N4O. The van der Waals surface area contributed by atoms with Gasteiger partial charge in [-0.15, -0.1) is 0 Å². The van der Waals surface area contributed by atoms with E-state index in [4.69, 9.17) is 5.11 Å². The fraction of sp³-hybridized carbons (Fsp3) is 0.571. The van der Waals surface area contributed by atoms with Gasteiger partial charge in [0.15, 0.2) is 5.65 Å². The minimum atomic E-state index is 0.207. The van der Waals surface area contributed by atoms with Gasteiger partial charge >= 0.3 is 0 Å². The van der Waals surface area contributed by atoms with Crippen molar-refractivity contribution in [3.05, 3.63) is 24.2 Å². The van der Waals surface area contributed by atoms with Crippen LogP contribution in [-0.2, 0) is 13.0 Å². The molecule has 1 fully saturated rings. The second-order valence-electron chi connectivity index (χ2n) is 5.11. The summed E-state index contributed by atoms with van der Waals surface area (Å²) >= 11 is 0. The van der Waals surface area contributed by atoms with Gasteiger partial charge in [-0.2, -0.15) is 0 Å². The van der Waals surface area contributed by atoms with Gasteiger partial charge < -0.3 is 15.0 Å². The highest BCUT2D eigenvalue weighted by Gasteiger charge is 2.18. The van der Waals surface area contributed by atoms with Crippen LogP contribution in [0.15, 0.2) is 18.3 Å². The smallest absolute Gasteiger partial charge is 0.160 e. The van der Waals surface area contributed by atoms with Gasteiger partial charge in [0.2, 0.25) is 0 Å². The van der Waals surface area contributed by atoms with Gasteiger partial charge in [0.25, 0.3) is 0 Å². The number of aliphatic hydroxyl groups is 1. The van der Waals surface area contributed by atoms with Crippen LogP contribution in [0.25, 0.3) is 11.2 Å². The minimum absolute atomic E-state index is 0.207. The van der Waals surface area contributed by atoms with Crippen molar-refractivity contribution in [1.82, 2.24) is 19.9 Å². The van der Waals surface area contributed by atoms with Crippen LogP contribution >= 0.6 is 0 Å². The number of nitrogens with one attached hydrogen (secondary N) is 1. The Bertz CT molecular complexity index is 545. The minimum Gasteiger partial charge on any atom is -0.396 e. The molecule has 0 aromatic carbocycles. The van der Waals surface area contributed by atoms with Crippen LogP contribution in [0, 0.1) is 0 Å². The Labute approximate surface area is 112 Å². The average molecular weight is 260 g/mol. The molecule has 2 aromatic heterocycles. The summed E-state index contributed by atoms with van der Waals surface area (Å²) in [7, 11) is 0. The van der Waals surface area contributed by atoms with Crippen LogP contribution in [-0.4, -0.2) is 38.8 Å². The monoisotopic (exact) mass is 260 g/mol. The molecule has 1 unspecified atom stereocenters. The van der Waals surface area contributed by atoms with Gasteiger partial charge in [0.05, 0.1) is 0 Å². The van der Waals surface area contributed by atoms with Gasteiger partial charge in [0.1, 0.15) is 11.3 Å². The summed E-state index contributed by atoms with van der Waals surface area (Å²) < 4.78 is 2.22. The molecule has 1 aliphatic rings. The van der Waals surface area contributed by atoms with Crippen LogP contribution in [0.3, 0.4) is 0 Å². The van der Waals surface area contributed by atoms with E-state index in [2.05, 4.69) is 19.9 Å². The standard InChI is InChI=1S/C14H20N4O/c19-9-3-6-13-17-12-5-2-8-16-14(12)18(13)10-11-4-1-7-15-11/h2,5,8,11,15,19H,1,3-4,6-7,9-10H2. The average Bonchev–Trinajstić information content (AvgIpc) is 3.06. The number of nitrogens with zero attached hydrogens (tertiary/aromatic N) is 3. The van der Waals surface area contributed by atoms with E-state index in [1.807, 2.05) is 18.3 Å². The van der Waals surface area contributed by atoms with Crippen LogP contribution in [0.2, 0.25) is 0 Å². The number of aliphatic hydroxyl groups excluding tert-OH is 1. The number of rotatable bonds is 5. The second-order valence-corrected chi connectivity index (χ2v) is 5.11. The Morgan fingerprint density at radius 1 is 1.47 bits per heavy atom. The molecule has 3 rings (SSSR count). The first-order valence-corrected chi connectivity index (χ1v) is 7.03. The van der Waals surface area contributed by atoms with E-state index < -0.39 is 0 Å². The predicted octanol–water partition coefficient (Wildman–Crippen LogP) is 1.11. The summed E-state index contributed by atoms with van der Waals surface area (Å²) in [6.45, 7) is 2.24. The molecule has 3 heterocycles. The fourth-order valence-electron chi connectivity index (χ4n) is 2.76. The quantitative estimate of drug-likeness (QED) is 0.845. The van der Waals surface area contributed by atoms with Gasteiger partial charge in [-0.3, -0.25) is 0 Å². The summed E-state index contributed by atoms with van der Waals surface area (Å²) in [5.74, 6) is 1.04. The lowest BCUT2D eigenvalue weighted by Crippen LogP contribution is -2.27. The molecule has 2 aromatic rings. The first-order chi connectivity index (χ1) is 9.38. The molecule has 1 aliphatic heterocycles. The number of hydrogen-bond acceptors (Lipinski definition) is 4. The van der Waals surface area contributed by atoms with E-state index in [1.165, 1.54) is 12.8 Å². The number of aromatic nitrogens is 3. The molecule has 19 heavy (non-hydrogen) atoms. The molecule has 2 N–H and O–H groups in total. The van der Waals surface area contributed by atoms with Crippen molar-refractivity contribution in [2.24, 2.45) is 0 Å². The first kappa shape index (κ1) is 12.6. The number of aryl methyl sites for hydroxylation is 1. The first-order valence-electron chi connectivity index (χ1n) is 7.03. The van der Waals surface area contributed by atoms with E-state index in [-0.39, 0.29) is 6.61 Å². The molecule has 5 heteroatoms. The summed E-state index contributed by atoms with van der Waals surface area (Å²) in [5.41, 5.74) is 1.91. The van der Waals surface area contributed by atoms with Gasteiger partial charge in [0, 0.05) is 31.8 Å². The second kappa shape index (κ2) is 5.67. The molecule has 1 saturated heterocycles. The van der Waals surface area contributed by atoms with Crippen molar-refractivity contribution in [3.8, 4) is 0 Å². The zero-order valence-electron chi connectivity index (χ0n) is 11.0. The molecule has 0 bridgehead atoms. The van der Waals surface area contributed by atoms with Crippen molar-refractivity contribution in [2.75, 3.05) is 13.2 Å². The predicted molar refractivity (Wildman–Crippen MR) is 74.0 cm³/mol. The van der Waals surface area contributed by atoms with Crippen molar-refractivity contribution in [2.45, 2.75) is 38.3 Å². The summed E-state index contributed by atoms with van der Waals surface area (Å²) in [5, 5.41) is 12.5. The van der Waals surface area contributed by atoms with Gasteiger partial charge in [-0.1, -0.05) is 0 Å². The molecular weight excluding hydrogens is 240 g/mol. The Balaban J connectivity index is 1.92. The van der Waals surface area contributed by atoms with Crippen molar-refractivity contribution < 1.29 is 5.11 Å². The summed E-state index contributed by atoms with van der Waals surface area (Å²) in [4.78, 5) is 9.12. The SMILES string of the molecule is OCCCc1nc2cccnc2n1CC1CCCN1. The third-order valence-corrected chi connectivity index (χ3v) is 3.71. The molecule has 1 atom stereocenters. The summed E-state index contributed by atoms with van der Waals surface area (Å²) in [6, 6.07) is 4.44. The van der Waals surface area contributed by atoms with E-state index in [0.29, 0.717) is 6.04 Å². The lowest BCUT2D eigenvalue weighted by molar-refractivity contribution is 0.286. The normalized spacial score (nSPS) is 19.3. The highest BCUT2D eigenvalue weighted by Crippen LogP contribution is 2.17. The fourth-order valence-corrected chi connectivity index (χ4v) is 2.76. The largest absolute Gasteiger partial charge is 0.396 e. The zero-order valence-corrected chi connectivity index (χ0v) is 11.0. The molecule has 0 radical (unpaired) electrons. The third kappa shape index (κ3) is 2.62. The highest BCUT2D eigenvalue weighted by atomic mass is 16.2. The van der Waals surface area contributed by atoms with Crippen LogP contribution in [0.1, 0.15) is 25.1 Å². The van der Waals surface area contributed by atoms with Gasteiger partial charge in [-0.25, -0.2) is 9.97 Å². The van der Waals surface area contributed by atoms with E-state index >= 15 is 0 Å². The number of hydrogen-bond donors (Lipinski definition) is 2. The molecule has 102 valence electrons. The highest BCUT2D eigenvalue weighted by molar-refractivity contribution is 5.71. The van der Waals surface area contributed by atoms with Crippen LogP contribution in [0.5, 0.6) is 0 Å². The third-order valence-electron chi connectivity index (χ3n) is 3.71. The van der Waals surface area contributed by atoms with Crippen LogP contribution in [0.4, 0.5) is 0 Å². The zero-order chi connectivity index (χ0) is 13.1. The Kier molecular flexibility index (Phi) is 3.75. The molecule has 0 spiro atoms. The number of pyridine rings is 1. The van der Waals surface area contributed by atoms with E-state index in [0.717, 1.165) is 42.9 Å². The van der Waals surface area contributed by atoms with Crippen LogP contribution < -0.4 is 5.32 Å². The van der Waals surface area contributed by atoms with Crippen molar-refractivity contribution in [1.29, 1.82) is 0 Å². The molecule has 0 amide bonds. The van der Waals surface area contributed by atoms with Gasteiger partial charge in [-0.05, 0) is 37.9 Å². The Morgan fingerprint density at radius 3 is 3.21 bits per heavy atom. The maximum absolute atomic E-state index is 9.01. The molecule has 5 nitrogen and oxygen atoms in total. The lowest BCUT2D eigenvalue weighted by Gasteiger charge is -2.14. The number of fused-ring (bicyclic) bond motifs is 1. The van der Waals surface area contributed by atoms with Crippen molar-refractivity contribution >= 4 is 11.2 Å². The van der Waals surface area contributed by atoms with E-state index in [1.54, 1.807) is 0 Å². The maximum Gasteiger partial charge on any atom is 0.160 e. The van der Waals surface area contributed by atoms with Crippen molar-refractivity contribution in [3.63, 3.8) is 0 Å². The lowest BCUT2D eigenvalue weighted by atomic mass is 10.2. The topological polar surface area (TPSA) is 63.0 Å². The Hall–Kier alpha value is -1.46.